The van der Waals surface area contributed by atoms with Crippen LogP contribution in [-0.2, 0) is 0 Å². The molecule has 0 spiro atoms. The molecule has 1 N–H and O–H groups in total. The van der Waals surface area contributed by atoms with Crippen molar-refractivity contribution < 1.29 is 4.92 Å². The monoisotopic (exact) mass is 270 g/mol. The van der Waals surface area contributed by atoms with Gasteiger partial charge in [-0.05, 0) is 31.4 Å². The van der Waals surface area contributed by atoms with Gasteiger partial charge in [-0.15, -0.1) is 0 Å². The van der Waals surface area contributed by atoms with Crippen LogP contribution in [0.3, 0.4) is 0 Å². The average molecular weight is 271 g/mol. The first kappa shape index (κ1) is 10.4. The maximum Gasteiger partial charge on any atom is 0.292 e. The quantitative estimate of drug-likeness (QED) is 0.677. The second kappa shape index (κ2) is 4.18. The molecule has 1 aromatic rings. The highest BCUT2D eigenvalue weighted by Crippen LogP contribution is 2.31. The second-order valence-electron chi connectivity index (χ2n) is 3.69. The fourth-order valence-corrected chi connectivity index (χ4v) is 1.92. The molecule has 0 radical (unpaired) electrons. The third-order valence-electron chi connectivity index (χ3n) is 2.62. The lowest BCUT2D eigenvalue weighted by atomic mass is 9.93. The summed E-state index contributed by atoms with van der Waals surface area (Å²) in [6.45, 7) is 0. The van der Waals surface area contributed by atoms with Crippen molar-refractivity contribution in [2.45, 2.75) is 25.3 Å². The van der Waals surface area contributed by atoms with Gasteiger partial charge in [-0.1, -0.05) is 15.9 Å². The van der Waals surface area contributed by atoms with Crippen molar-refractivity contribution in [3.8, 4) is 0 Å². The summed E-state index contributed by atoms with van der Waals surface area (Å²) in [6, 6.07) is 5.36. The van der Waals surface area contributed by atoms with Crippen LogP contribution in [0.2, 0.25) is 0 Å². The van der Waals surface area contributed by atoms with Gasteiger partial charge in [0.1, 0.15) is 5.69 Å². The molecule has 2 rings (SSSR count). The molecule has 0 heterocycles. The Morgan fingerprint density at radius 3 is 2.73 bits per heavy atom. The van der Waals surface area contributed by atoms with Gasteiger partial charge in [0, 0.05) is 16.6 Å². The van der Waals surface area contributed by atoms with E-state index in [1.54, 1.807) is 12.1 Å². The smallest absolute Gasteiger partial charge is 0.292 e. The topological polar surface area (TPSA) is 55.2 Å². The Morgan fingerprint density at radius 1 is 1.47 bits per heavy atom. The molecule has 0 aromatic heterocycles. The number of hydrogen-bond donors (Lipinski definition) is 1. The standard InChI is InChI=1S/C10H11BrN2O2/c11-7-4-5-10(13(14)15)9(6-7)12-8-2-1-3-8/h4-6,8,12H,1-3H2. The predicted octanol–water partition coefficient (Wildman–Crippen LogP) is 3.32. The van der Waals surface area contributed by atoms with Gasteiger partial charge < -0.3 is 5.32 Å². The first-order valence-electron chi connectivity index (χ1n) is 4.87. The van der Waals surface area contributed by atoms with Gasteiger partial charge in [-0.25, -0.2) is 0 Å². The van der Waals surface area contributed by atoms with Gasteiger partial charge >= 0.3 is 0 Å². The Morgan fingerprint density at radius 2 is 2.20 bits per heavy atom. The molecule has 15 heavy (non-hydrogen) atoms. The Balaban J connectivity index is 2.24. The number of benzene rings is 1. The summed E-state index contributed by atoms with van der Waals surface area (Å²) in [4.78, 5) is 10.4. The van der Waals surface area contributed by atoms with E-state index in [1.807, 2.05) is 0 Å². The molecule has 0 saturated heterocycles. The van der Waals surface area contributed by atoms with E-state index in [1.165, 1.54) is 12.5 Å². The number of anilines is 1. The van der Waals surface area contributed by atoms with Gasteiger partial charge in [0.15, 0.2) is 0 Å². The molecule has 1 saturated carbocycles. The largest absolute Gasteiger partial charge is 0.377 e. The Bertz CT molecular complexity index is 391. The first-order valence-corrected chi connectivity index (χ1v) is 5.66. The van der Waals surface area contributed by atoms with Crippen molar-refractivity contribution in [3.05, 3.63) is 32.8 Å². The minimum Gasteiger partial charge on any atom is -0.377 e. The van der Waals surface area contributed by atoms with Crippen LogP contribution in [0.25, 0.3) is 0 Å². The van der Waals surface area contributed by atoms with Crippen LogP contribution in [0.1, 0.15) is 19.3 Å². The van der Waals surface area contributed by atoms with Crippen LogP contribution in [-0.4, -0.2) is 11.0 Å². The molecule has 4 nitrogen and oxygen atoms in total. The number of nitrogens with zero attached hydrogens (tertiary/aromatic N) is 1. The average Bonchev–Trinajstić information content (AvgIpc) is 2.11. The first-order chi connectivity index (χ1) is 7.16. The van der Waals surface area contributed by atoms with Crippen LogP contribution in [0.4, 0.5) is 11.4 Å². The minimum atomic E-state index is -0.354. The van der Waals surface area contributed by atoms with Gasteiger partial charge in [0.2, 0.25) is 0 Å². The van der Waals surface area contributed by atoms with Gasteiger partial charge in [-0.3, -0.25) is 10.1 Å². The number of nitrogens with one attached hydrogen (secondary N) is 1. The van der Waals surface area contributed by atoms with E-state index in [4.69, 9.17) is 0 Å². The molecule has 5 heteroatoms. The highest BCUT2D eigenvalue weighted by molar-refractivity contribution is 9.10. The number of rotatable bonds is 3. The van der Waals surface area contributed by atoms with E-state index < -0.39 is 0 Å². The molecule has 1 aromatic carbocycles. The summed E-state index contributed by atoms with van der Waals surface area (Å²) in [5.74, 6) is 0. The highest BCUT2D eigenvalue weighted by Gasteiger charge is 2.21. The molecule has 0 unspecified atom stereocenters. The number of nitro groups is 1. The Hall–Kier alpha value is -1.10. The number of hydrogen-bond acceptors (Lipinski definition) is 3. The molecule has 80 valence electrons. The van der Waals surface area contributed by atoms with Crippen molar-refractivity contribution in [2.75, 3.05) is 5.32 Å². The van der Waals surface area contributed by atoms with E-state index in [2.05, 4.69) is 21.2 Å². The normalized spacial score (nSPS) is 15.8. The minimum absolute atomic E-state index is 0.144. The predicted molar refractivity (Wildman–Crippen MR) is 62.1 cm³/mol. The van der Waals surface area contributed by atoms with Crippen molar-refractivity contribution in [2.24, 2.45) is 0 Å². The van der Waals surface area contributed by atoms with E-state index >= 15 is 0 Å². The van der Waals surface area contributed by atoms with Gasteiger partial charge in [-0.2, -0.15) is 0 Å². The molecule has 1 aliphatic rings. The summed E-state index contributed by atoms with van der Waals surface area (Å²) in [5.41, 5.74) is 0.754. The molecule has 0 aliphatic heterocycles. The lowest BCUT2D eigenvalue weighted by Gasteiger charge is -2.27. The fraction of sp³-hybridized carbons (Fsp3) is 0.400. The summed E-state index contributed by atoms with van der Waals surface area (Å²) in [6.07, 6.45) is 3.41. The summed E-state index contributed by atoms with van der Waals surface area (Å²) < 4.78 is 0.856. The molecule has 1 aliphatic carbocycles. The molecule has 0 bridgehead atoms. The van der Waals surface area contributed by atoms with Crippen LogP contribution in [0.5, 0.6) is 0 Å². The van der Waals surface area contributed by atoms with E-state index in [-0.39, 0.29) is 10.6 Å². The van der Waals surface area contributed by atoms with E-state index in [9.17, 15) is 10.1 Å². The lowest BCUT2D eigenvalue weighted by Crippen LogP contribution is -2.27. The third-order valence-corrected chi connectivity index (χ3v) is 3.11. The van der Waals surface area contributed by atoms with E-state index in [0.717, 1.165) is 17.3 Å². The third kappa shape index (κ3) is 2.28. The number of halogens is 1. The molecule has 0 amide bonds. The fourth-order valence-electron chi connectivity index (χ4n) is 1.56. The van der Waals surface area contributed by atoms with Gasteiger partial charge in [0.05, 0.1) is 4.92 Å². The molecular formula is C10H11BrN2O2. The number of nitro benzene ring substituents is 1. The maximum absolute atomic E-state index is 10.8. The Kier molecular flexibility index (Phi) is 2.90. The van der Waals surface area contributed by atoms with Crippen molar-refractivity contribution >= 4 is 27.3 Å². The van der Waals surface area contributed by atoms with Crippen molar-refractivity contribution in [1.82, 2.24) is 0 Å². The molecular weight excluding hydrogens is 260 g/mol. The zero-order valence-corrected chi connectivity index (χ0v) is 9.66. The lowest BCUT2D eigenvalue weighted by molar-refractivity contribution is -0.384. The summed E-state index contributed by atoms with van der Waals surface area (Å²) >= 11 is 3.31. The molecule has 0 atom stereocenters. The maximum atomic E-state index is 10.8. The zero-order valence-electron chi connectivity index (χ0n) is 8.07. The van der Waals surface area contributed by atoms with Crippen LogP contribution in [0.15, 0.2) is 22.7 Å². The second-order valence-corrected chi connectivity index (χ2v) is 4.61. The highest BCUT2D eigenvalue weighted by atomic mass is 79.9. The summed E-state index contributed by atoms with van der Waals surface area (Å²) in [5, 5.41) is 14.0. The zero-order chi connectivity index (χ0) is 10.8. The van der Waals surface area contributed by atoms with Crippen LogP contribution in [0, 0.1) is 10.1 Å². The van der Waals surface area contributed by atoms with E-state index in [0.29, 0.717) is 11.7 Å². The van der Waals surface area contributed by atoms with Crippen molar-refractivity contribution in [1.29, 1.82) is 0 Å². The Labute approximate surface area is 96.0 Å². The summed E-state index contributed by atoms with van der Waals surface area (Å²) in [7, 11) is 0. The molecule has 1 fully saturated rings. The van der Waals surface area contributed by atoms with Gasteiger partial charge in [0.25, 0.3) is 5.69 Å². The van der Waals surface area contributed by atoms with Crippen molar-refractivity contribution in [3.63, 3.8) is 0 Å². The van der Waals surface area contributed by atoms with Crippen LogP contribution >= 0.6 is 15.9 Å². The SMILES string of the molecule is O=[N+]([O-])c1ccc(Br)cc1NC1CCC1. The van der Waals surface area contributed by atoms with Crippen LogP contribution < -0.4 is 5.32 Å².